The fourth-order valence-electron chi connectivity index (χ4n) is 2.50. The van der Waals surface area contributed by atoms with Gasteiger partial charge in [-0.05, 0) is 57.4 Å². The average molecular weight is 238 g/mol. The molecule has 0 saturated carbocycles. The summed E-state index contributed by atoms with van der Waals surface area (Å²) < 4.78 is 0. The van der Waals surface area contributed by atoms with Gasteiger partial charge in [-0.2, -0.15) is 0 Å². The monoisotopic (exact) mass is 238 g/mol. The molecule has 2 nitrogen and oxygen atoms in total. The molecule has 0 saturated heterocycles. The maximum atomic E-state index is 10.1. The van der Waals surface area contributed by atoms with Crippen molar-refractivity contribution in [1.82, 2.24) is 0 Å². The molecule has 2 unspecified atom stereocenters. The van der Waals surface area contributed by atoms with E-state index in [1.54, 1.807) is 0 Å². The van der Waals surface area contributed by atoms with Crippen LogP contribution in [0.15, 0.2) is 23.3 Å². The molecule has 98 valence electrons. The maximum absolute atomic E-state index is 10.1. The Kier molecular flexibility index (Phi) is 5.41. The van der Waals surface area contributed by atoms with Crippen molar-refractivity contribution in [2.45, 2.75) is 59.2 Å². The van der Waals surface area contributed by atoms with Crippen LogP contribution in [0, 0.1) is 11.8 Å². The van der Waals surface area contributed by atoms with E-state index in [4.69, 9.17) is 0 Å². The van der Waals surface area contributed by atoms with Crippen LogP contribution in [0.3, 0.4) is 0 Å². The van der Waals surface area contributed by atoms with Crippen molar-refractivity contribution >= 4 is 0 Å². The summed E-state index contributed by atoms with van der Waals surface area (Å²) >= 11 is 0. The van der Waals surface area contributed by atoms with Crippen molar-refractivity contribution < 1.29 is 10.2 Å². The minimum Gasteiger partial charge on any atom is -0.390 e. The van der Waals surface area contributed by atoms with Crippen LogP contribution in [0.1, 0.15) is 47.0 Å². The first-order valence-electron chi connectivity index (χ1n) is 6.59. The minimum atomic E-state index is -0.667. The highest BCUT2D eigenvalue weighted by atomic mass is 16.3. The van der Waals surface area contributed by atoms with E-state index in [2.05, 4.69) is 32.9 Å². The van der Waals surface area contributed by atoms with Gasteiger partial charge in [0, 0.05) is 0 Å². The van der Waals surface area contributed by atoms with Crippen LogP contribution in [0.2, 0.25) is 0 Å². The molecular weight excluding hydrogens is 212 g/mol. The molecule has 0 aliphatic heterocycles. The fraction of sp³-hybridized carbons (Fsp3) is 0.733. The molecule has 0 aromatic rings. The topological polar surface area (TPSA) is 40.5 Å². The summed E-state index contributed by atoms with van der Waals surface area (Å²) in [5.41, 5.74) is 2.25. The van der Waals surface area contributed by atoms with Gasteiger partial charge in [0.2, 0.25) is 0 Å². The van der Waals surface area contributed by atoms with E-state index < -0.39 is 12.2 Å². The van der Waals surface area contributed by atoms with Crippen molar-refractivity contribution in [3.63, 3.8) is 0 Å². The van der Waals surface area contributed by atoms with E-state index in [0.717, 1.165) is 24.8 Å². The molecule has 1 rings (SSSR count). The summed E-state index contributed by atoms with van der Waals surface area (Å²) in [4.78, 5) is 0. The Morgan fingerprint density at radius 3 is 2.71 bits per heavy atom. The summed E-state index contributed by atoms with van der Waals surface area (Å²) in [5.74, 6) is 0.638. The third-order valence-corrected chi connectivity index (χ3v) is 3.85. The molecule has 2 heteroatoms. The Bertz CT molecular complexity index is 300. The average Bonchev–Trinajstić information content (AvgIpc) is 2.25. The highest BCUT2D eigenvalue weighted by Gasteiger charge is 2.33. The third kappa shape index (κ3) is 3.97. The maximum Gasteiger partial charge on any atom is 0.101 e. The summed E-state index contributed by atoms with van der Waals surface area (Å²) in [6.07, 6.45) is 6.07. The van der Waals surface area contributed by atoms with E-state index in [1.807, 2.05) is 6.92 Å². The Hall–Kier alpha value is -0.600. The third-order valence-electron chi connectivity index (χ3n) is 3.85. The summed E-state index contributed by atoms with van der Waals surface area (Å²) in [6.45, 7) is 8.28. The largest absolute Gasteiger partial charge is 0.390 e. The second kappa shape index (κ2) is 6.36. The second-order valence-corrected chi connectivity index (χ2v) is 5.62. The zero-order valence-corrected chi connectivity index (χ0v) is 11.5. The van der Waals surface area contributed by atoms with Crippen LogP contribution in [0.25, 0.3) is 0 Å². The van der Waals surface area contributed by atoms with Crippen molar-refractivity contribution in [3.8, 4) is 0 Å². The van der Waals surface area contributed by atoms with Crippen LogP contribution in [0.5, 0.6) is 0 Å². The van der Waals surface area contributed by atoms with Gasteiger partial charge in [0.1, 0.15) is 6.10 Å². The van der Waals surface area contributed by atoms with Gasteiger partial charge < -0.3 is 10.2 Å². The predicted octanol–water partition coefficient (Wildman–Crippen LogP) is 3.06. The molecule has 1 aliphatic rings. The fourth-order valence-corrected chi connectivity index (χ4v) is 2.50. The van der Waals surface area contributed by atoms with Crippen LogP contribution in [-0.4, -0.2) is 22.4 Å². The van der Waals surface area contributed by atoms with Crippen LogP contribution < -0.4 is 0 Å². The summed E-state index contributed by atoms with van der Waals surface area (Å²) in [6, 6.07) is 0. The van der Waals surface area contributed by atoms with Gasteiger partial charge >= 0.3 is 0 Å². The molecule has 17 heavy (non-hydrogen) atoms. The molecular formula is C15H26O2. The van der Waals surface area contributed by atoms with Gasteiger partial charge in [-0.25, -0.2) is 0 Å². The van der Waals surface area contributed by atoms with E-state index in [9.17, 15) is 10.2 Å². The van der Waals surface area contributed by atoms with E-state index in [-0.39, 0.29) is 5.92 Å². The Morgan fingerprint density at radius 1 is 1.47 bits per heavy atom. The molecule has 0 heterocycles. The molecule has 0 fully saturated rings. The molecule has 0 aromatic heterocycles. The number of hydrogen-bond acceptors (Lipinski definition) is 2. The first-order valence-corrected chi connectivity index (χ1v) is 6.59. The molecule has 0 bridgehead atoms. The highest BCUT2D eigenvalue weighted by molar-refractivity contribution is 5.13. The SMILES string of the molecule is CC(C)=CCCC(C)C1CC=C(C)[C@@H](O)[C@H]1O. The number of allylic oxidation sites excluding steroid dienone is 3. The van der Waals surface area contributed by atoms with Crippen LogP contribution in [0.4, 0.5) is 0 Å². The molecule has 0 amide bonds. The Balaban J connectivity index is 2.53. The lowest BCUT2D eigenvalue weighted by Gasteiger charge is -2.34. The van der Waals surface area contributed by atoms with Crippen molar-refractivity contribution in [3.05, 3.63) is 23.3 Å². The first kappa shape index (κ1) is 14.5. The summed E-state index contributed by atoms with van der Waals surface area (Å²) in [7, 11) is 0. The van der Waals surface area contributed by atoms with Gasteiger partial charge in [-0.1, -0.05) is 24.6 Å². The predicted molar refractivity (Wildman–Crippen MR) is 71.7 cm³/mol. The number of rotatable bonds is 4. The van der Waals surface area contributed by atoms with Gasteiger partial charge in [0.05, 0.1) is 6.10 Å². The standard InChI is InChI=1S/C15H26O2/c1-10(2)6-5-7-11(3)13-9-8-12(4)14(16)15(13)17/h6,8,11,13-17H,5,7,9H2,1-4H3/t11?,13?,14-,15+/m1/s1. The Morgan fingerprint density at radius 2 is 2.12 bits per heavy atom. The van der Waals surface area contributed by atoms with E-state index >= 15 is 0 Å². The van der Waals surface area contributed by atoms with E-state index in [0.29, 0.717) is 5.92 Å². The van der Waals surface area contributed by atoms with Crippen molar-refractivity contribution in [1.29, 1.82) is 0 Å². The van der Waals surface area contributed by atoms with Crippen LogP contribution >= 0.6 is 0 Å². The molecule has 0 spiro atoms. The van der Waals surface area contributed by atoms with Gasteiger partial charge in [-0.15, -0.1) is 0 Å². The number of aliphatic hydroxyl groups excluding tert-OH is 2. The van der Waals surface area contributed by atoms with Gasteiger partial charge in [0.15, 0.2) is 0 Å². The second-order valence-electron chi connectivity index (χ2n) is 5.62. The van der Waals surface area contributed by atoms with Gasteiger partial charge in [0.25, 0.3) is 0 Å². The van der Waals surface area contributed by atoms with Crippen molar-refractivity contribution in [2.24, 2.45) is 11.8 Å². The molecule has 4 atom stereocenters. The minimum absolute atomic E-state index is 0.194. The molecule has 1 aliphatic carbocycles. The lowest BCUT2D eigenvalue weighted by Crippen LogP contribution is -2.40. The molecule has 2 N–H and O–H groups in total. The zero-order valence-electron chi connectivity index (χ0n) is 11.5. The molecule has 0 radical (unpaired) electrons. The number of aliphatic hydroxyl groups is 2. The first-order chi connectivity index (χ1) is 7.93. The summed E-state index contributed by atoms with van der Waals surface area (Å²) in [5, 5.41) is 19.9. The smallest absolute Gasteiger partial charge is 0.101 e. The Labute approximate surface area is 105 Å². The lowest BCUT2D eigenvalue weighted by atomic mass is 9.76. The van der Waals surface area contributed by atoms with E-state index in [1.165, 1.54) is 5.57 Å². The van der Waals surface area contributed by atoms with Crippen molar-refractivity contribution in [2.75, 3.05) is 0 Å². The normalized spacial score (nSPS) is 30.7. The van der Waals surface area contributed by atoms with Gasteiger partial charge in [-0.3, -0.25) is 0 Å². The quantitative estimate of drug-likeness (QED) is 0.739. The highest BCUT2D eigenvalue weighted by Crippen LogP contribution is 2.32. The number of hydrogen-bond donors (Lipinski definition) is 2. The zero-order chi connectivity index (χ0) is 13.0. The molecule has 0 aromatic carbocycles. The van der Waals surface area contributed by atoms with Crippen LogP contribution in [-0.2, 0) is 0 Å². The lowest BCUT2D eigenvalue weighted by molar-refractivity contribution is -0.0219.